The molecule has 17 heavy (non-hydrogen) atoms. The van der Waals surface area contributed by atoms with E-state index in [-0.39, 0.29) is 22.8 Å². The summed E-state index contributed by atoms with van der Waals surface area (Å²) in [6, 6.07) is 0. The minimum Gasteiger partial charge on any atom is -0.410 e. The molecule has 0 bridgehead atoms. The minimum absolute atomic E-state index is 0.0721. The molecule has 0 heterocycles. The van der Waals surface area contributed by atoms with Gasteiger partial charge in [0, 0.05) is 11.5 Å². The Balaban J connectivity index is 2.88. The third-order valence-corrected chi connectivity index (χ3v) is 8.47. The molecule has 0 aromatic heterocycles. The summed E-state index contributed by atoms with van der Waals surface area (Å²) in [6.07, 6.45) is 3.49. The summed E-state index contributed by atoms with van der Waals surface area (Å²) in [5, 5.41) is 0.167. The van der Waals surface area contributed by atoms with Crippen LogP contribution < -0.4 is 0 Å². The Morgan fingerprint density at radius 2 is 1.94 bits per heavy atom. The van der Waals surface area contributed by atoms with Gasteiger partial charge < -0.3 is 4.43 Å². The van der Waals surface area contributed by atoms with Crippen molar-refractivity contribution in [1.82, 2.24) is 0 Å². The molecule has 0 aromatic carbocycles. The average Bonchev–Trinajstić information content (AvgIpc) is 2.43. The number of hydrogen-bond donors (Lipinski definition) is 0. The molecule has 0 aliphatic heterocycles. The maximum atomic E-state index is 11.9. The second kappa shape index (κ2) is 4.54. The normalized spacial score (nSPS) is 26.0. The SMILES string of the molecule is C=CC1=C[C@@H](O[Si](C)(C)C(C)(C)C)[C@H](C)C1=O. The maximum Gasteiger partial charge on any atom is 0.192 e. The van der Waals surface area contributed by atoms with E-state index in [9.17, 15) is 4.79 Å². The molecule has 0 saturated carbocycles. The number of carbonyl (C=O) groups is 1. The lowest BCUT2D eigenvalue weighted by atomic mass is 10.1. The summed E-state index contributed by atoms with van der Waals surface area (Å²) in [4.78, 5) is 11.9. The Kier molecular flexibility index (Phi) is 3.84. The van der Waals surface area contributed by atoms with E-state index in [1.165, 1.54) is 0 Å². The standard InChI is InChI=1S/C14H24O2Si/c1-8-11-9-12(10(2)13(11)15)16-17(6,7)14(3,4)5/h8-10,12H,1H2,2-7H3/t10-,12+/m0/s1. The lowest BCUT2D eigenvalue weighted by molar-refractivity contribution is -0.119. The van der Waals surface area contributed by atoms with Crippen molar-refractivity contribution < 1.29 is 9.22 Å². The van der Waals surface area contributed by atoms with Crippen LogP contribution in [-0.2, 0) is 9.22 Å². The molecule has 0 fully saturated rings. The minimum atomic E-state index is -1.81. The van der Waals surface area contributed by atoms with Gasteiger partial charge in [-0.25, -0.2) is 0 Å². The van der Waals surface area contributed by atoms with E-state index in [0.717, 1.165) is 0 Å². The zero-order chi connectivity index (χ0) is 13.4. The summed E-state index contributed by atoms with van der Waals surface area (Å²) in [7, 11) is -1.81. The monoisotopic (exact) mass is 252 g/mol. The molecule has 0 amide bonds. The Morgan fingerprint density at radius 1 is 1.41 bits per heavy atom. The Hall–Kier alpha value is -0.673. The fourth-order valence-electron chi connectivity index (χ4n) is 1.64. The fourth-order valence-corrected chi connectivity index (χ4v) is 2.94. The summed E-state index contributed by atoms with van der Waals surface area (Å²) >= 11 is 0. The van der Waals surface area contributed by atoms with Crippen LogP contribution in [-0.4, -0.2) is 20.2 Å². The van der Waals surface area contributed by atoms with Crippen LogP contribution in [0, 0.1) is 5.92 Å². The van der Waals surface area contributed by atoms with Crippen LogP contribution in [0.2, 0.25) is 18.1 Å². The van der Waals surface area contributed by atoms with Gasteiger partial charge in [-0.3, -0.25) is 4.79 Å². The first kappa shape index (κ1) is 14.4. The third-order valence-electron chi connectivity index (χ3n) is 3.99. The molecule has 3 heteroatoms. The summed E-state index contributed by atoms with van der Waals surface area (Å²) in [5.74, 6) is 0.0841. The Bertz CT molecular complexity index is 361. The predicted octanol–water partition coefficient (Wildman–Crippen LogP) is 3.71. The molecule has 1 rings (SSSR count). The van der Waals surface area contributed by atoms with Crippen LogP contribution in [0.5, 0.6) is 0 Å². The van der Waals surface area contributed by atoms with Crippen LogP contribution >= 0.6 is 0 Å². The Morgan fingerprint density at radius 3 is 2.29 bits per heavy atom. The van der Waals surface area contributed by atoms with E-state index in [4.69, 9.17) is 4.43 Å². The number of hydrogen-bond acceptors (Lipinski definition) is 2. The van der Waals surface area contributed by atoms with Crippen LogP contribution in [0.3, 0.4) is 0 Å². The molecule has 0 radical (unpaired) electrons. The van der Waals surface area contributed by atoms with Gasteiger partial charge >= 0.3 is 0 Å². The molecule has 2 nitrogen and oxygen atoms in total. The first-order chi connectivity index (χ1) is 7.60. The molecular formula is C14H24O2Si. The predicted molar refractivity (Wildman–Crippen MR) is 74.5 cm³/mol. The van der Waals surface area contributed by atoms with Crippen molar-refractivity contribution in [3.05, 3.63) is 24.3 Å². The Labute approximate surface area is 106 Å². The van der Waals surface area contributed by atoms with Crippen molar-refractivity contribution in [2.45, 2.75) is 51.9 Å². The van der Waals surface area contributed by atoms with Crippen molar-refractivity contribution in [3.63, 3.8) is 0 Å². The van der Waals surface area contributed by atoms with Gasteiger partial charge in [0.1, 0.15) is 0 Å². The highest BCUT2D eigenvalue weighted by atomic mass is 28.4. The highest BCUT2D eigenvalue weighted by molar-refractivity contribution is 6.74. The van der Waals surface area contributed by atoms with E-state index in [1.807, 2.05) is 13.0 Å². The summed E-state index contributed by atoms with van der Waals surface area (Å²) < 4.78 is 6.27. The van der Waals surface area contributed by atoms with E-state index in [1.54, 1.807) is 6.08 Å². The van der Waals surface area contributed by atoms with Gasteiger partial charge in [0.05, 0.1) is 6.10 Å². The zero-order valence-corrected chi connectivity index (χ0v) is 12.8. The van der Waals surface area contributed by atoms with Crippen LogP contribution in [0.1, 0.15) is 27.7 Å². The van der Waals surface area contributed by atoms with Gasteiger partial charge in [-0.05, 0) is 24.2 Å². The molecule has 0 spiro atoms. The summed E-state index contributed by atoms with van der Waals surface area (Å²) in [5.41, 5.74) is 0.709. The lowest BCUT2D eigenvalue weighted by Crippen LogP contribution is -2.44. The van der Waals surface area contributed by atoms with Gasteiger partial charge in [-0.1, -0.05) is 40.3 Å². The second-order valence-electron chi connectivity index (χ2n) is 6.32. The van der Waals surface area contributed by atoms with E-state index >= 15 is 0 Å². The lowest BCUT2D eigenvalue weighted by Gasteiger charge is -2.38. The van der Waals surface area contributed by atoms with Crippen molar-refractivity contribution in [2.75, 3.05) is 0 Å². The zero-order valence-electron chi connectivity index (χ0n) is 11.8. The molecule has 1 aliphatic rings. The average molecular weight is 252 g/mol. The molecule has 0 N–H and O–H groups in total. The van der Waals surface area contributed by atoms with Crippen LogP contribution in [0.25, 0.3) is 0 Å². The number of Topliss-reactive ketones (excluding diaryl/α,β-unsaturated/α-hetero) is 1. The van der Waals surface area contributed by atoms with Gasteiger partial charge in [-0.2, -0.15) is 0 Å². The number of rotatable bonds is 3. The summed E-state index contributed by atoms with van der Waals surface area (Å²) in [6.45, 7) is 16.7. The first-order valence-electron chi connectivity index (χ1n) is 6.16. The molecule has 0 unspecified atom stereocenters. The van der Waals surface area contributed by atoms with Gasteiger partial charge in [0.15, 0.2) is 14.1 Å². The highest BCUT2D eigenvalue weighted by Gasteiger charge is 2.42. The van der Waals surface area contributed by atoms with Gasteiger partial charge in [0.25, 0.3) is 0 Å². The van der Waals surface area contributed by atoms with Gasteiger partial charge in [-0.15, -0.1) is 0 Å². The first-order valence-corrected chi connectivity index (χ1v) is 9.07. The molecular weight excluding hydrogens is 228 g/mol. The third kappa shape index (κ3) is 2.77. The number of ketones is 1. The quantitative estimate of drug-likeness (QED) is 0.716. The van der Waals surface area contributed by atoms with Gasteiger partial charge in [0.2, 0.25) is 0 Å². The molecule has 1 aliphatic carbocycles. The number of allylic oxidation sites excluding steroid dienone is 2. The maximum absolute atomic E-state index is 11.9. The number of carbonyl (C=O) groups excluding carboxylic acids is 1. The topological polar surface area (TPSA) is 26.3 Å². The second-order valence-corrected chi connectivity index (χ2v) is 11.1. The highest BCUT2D eigenvalue weighted by Crippen LogP contribution is 2.39. The molecule has 0 saturated heterocycles. The van der Waals surface area contributed by atoms with E-state index in [0.29, 0.717) is 5.57 Å². The van der Waals surface area contributed by atoms with Crippen molar-refractivity contribution in [1.29, 1.82) is 0 Å². The fraction of sp³-hybridized carbons (Fsp3) is 0.643. The van der Waals surface area contributed by atoms with E-state index in [2.05, 4.69) is 40.4 Å². The van der Waals surface area contributed by atoms with Crippen molar-refractivity contribution >= 4 is 14.1 Å². The smallest absolute Gasteiger partial charge is 0.192 e. The molecule has 96 valence electrons. The molecule has 0 aromatic rings. The molecule has 2 atom stereocenters. The van der Waals surface area contributed by atoms with Crippen molar-refractivity contribution in [3.8, 4) is 0 Å². The van der Waals surface area contributed by atoms with E-state index < -0.39 is 8.32 Å². The largest absolute Gasteiger partial charge is 0.410 e. The van der Waals surface area contributed by atoms with Crippen LogP contribution in [0.4, 0.5) is 0 Å². The van der Waals surface area contributed by atoms with Crippen molar-refractivity contribution in [2.24, 2.45) is 5.92 Å². The van der Waals surface area contributed by atoms with Crippen LogP contribution in [0.15, 0.2) is 24.3 Å².